The maximum atomic E-state index is 13.0. The van der Waals surface area contributed by atoms with E-state index in [-0.39, 0.29) is 5.65 Å². The van der Waals surface area contributed by atoms with Crippen molar-refractivity contribution in [3.05, 3.63) is 29.0 Å². The number of alkyl halides is 3. The maximum absolute atomic E-state index is 13.0. The van der Waals surface area contributed by atoms with E-state index in [9.17, 15) is 13.2 Å². The fourth-order valence-electron chi connectivity index (χ4n) is 2.95. The maximum Gasteiger partial charge on any atom is 0.453 e. The zero-order valence-corrected chi connectivity index (χ0v) is 14.8. The molecule has 0 atom stereocenters. The van der Waals surface area contributed by atoms with Crippen LogP contribution in [0.3, 0.4) is 0 Å². The highest BCUT2D eigenvalue weighted by Crippen LogP contribution is 2.28. The van der Waals surface area contributed by atoms with Gasteiger partial charge in [-0.25, -0.2) is 4.98 Å². The molecular weight excluding hydrogens is 367 g/mol. The molecule has 11 heteroatoms. The van der Waals surface area contributed by atoms with Gasteiger partial charge >= 0.3 is 6.18 Å². The number of thiazole rings is 1. The van der Waals surface area contributed by atoms with E-state index in [1.807, 2.05) is 17.2 Å². The third kappa shape index (κ3) is 3.18. The van der Waals surface area contributed by atoms with E-state index in [1.165, 1.54) is 6.07 Å². The zero-order valence-electron chi connectivity index (χ0n) is 13.9. The van der Waals surface area contributed by atoms with Gasteiger partial charge in [-0.2, -0.15) is 17.7 Å². The molecule has 0 aliphatic carbocycles. The molecule has 0 unspecified atom stereocenters. The molecule has 4 rings (SSSR count). The molecule has 0 N–H and O–H groups in total. The topological polar surface area (TPSA) is 62.5 Å². The Morgan fingerprint density at radius 3 is 2.54 bits per heavy atom. The van der Waals surface area contributed by atoms with E-state index in [0.717, 1.165) is 34.9 Å². The predicted molar refractivity (Wildman–Crippen MR) is 91.7 cm³/mol. The molecule has 3 aromatic rings. The van der Waals surface area contributed by atoms with E-state index in [0.29, 0.717) is 18.9 Å². The summed E-state index contributed by atoms with van der Waals surface area (Å²) in [6.07, 6.45) is -3.73. The van der Waals surface area contributed by atoms with Gasteiger partial charge in [-0.3, -0.25) is 0 Å². The Balaban J connectivity index is 1.57. The van der Waals surface area contributed by atoms with Crippen molar-refractivity contribution in [1.29, 1.82) is 0 Å². The SMILES string of the molecule is Cc1csc(N2CCCN(c3ccc4nnc(C(F)(F)F)n4n3)CC2)n1. The van der Waals surface area contributed by atoms with Crippen LogP contribution in [0.15, 0.2) is 17.5 Å². The van der Waals surface area contributed by atoms with Crippen molar-refractivity contribution >= 4 is 27.9 Å². The van der Waals surface area contributed by atoms with Gasteiger partial charge in [0.1, 0.15) is 5.82 Å². The lowest BCUT2D eigenvalue weighted by atomic mass is 10.3. The Bertz CT molecular complexity index is 919. The summed E-state index contributed by atoms with van der Waals surface area (Å²) in [4.78, 5) is 8.70. The van der Waals surface area contributed by atoms with Gasteiger partial charge in [0.15, 0.2) is 10.8 Å². The molecule has 26 heavy (non-hydrogen) atoms. The van der Waals surface area contributed by atoms with Gasteiger partial charge in [0, 0.05) is 31.6 Å². The van der Waals surface area contributed by atoms with Gasteiger partial charge in [0.05, 0.1) is 5.69 Å². The van der Waals surface area contributed by atoms with Crippen LogP contribution in [0.5, 0.6) is 0 Å². The molecular formula is C15H16F3N7S. The Hall–Kier alpha value is -2.43. The van der Waals surface area contributed by atoms with Crippen molar-refractivity contribution in [3.8, 4) is 0 Å². The van der Waals surface area contributed by atoms with Crippen LogP contribution in [0.1, 0.15) is 17.9 Å². The number of aryl methyl sites for hydroxylation is 1. The van der Waals surface area contributed by atoms with Crippen molar-refractivity contribution in [3.63, 3.8) is 0 Å². The molecule has 1 aliphatic heterocycles. The molecule has 138 valence electrons. The Kier molecular flexibility index (Phi) is 4.17. The fourth-order valence-corrected chi connectivity index (χ4v) is 3.81. The second-order valence-corrected chi connectivity index (χ2v) is 6.92. The highest BCUT2D eigenvalue weighted by molar-refractivity contribution is 7.13. The number of nitrogens with zero attached hydrogens (tertiary/aromatic N) is 7. The van der Waals surface area contributed by atoms with Crippen LogP contribution in [0.4, 0.5) is 24.1 Å². The van der Waals surface area contributed by atoms with E-state index in [1.54, 1.807) is 17.4 Å². The number of anilines is 2. The number of rotatable bonds is 2. The van der Waals surface area contributed by atoms with Crippen molar-refractivity contribution in [2.75, 3.05) is 36.0 Å². The first-order valence-electron chi connectivity index (χ1n) is 8.13. The molecule has 0 spiro atoms. The van der Waals surface area contributed by atoms with Crippen LogP contribution in [0.2, 0.25) is 0 Å². The lowest BCUT2D eigenvalue weighted by Gasteiger charge is -2.22. The molecule has 0 radical (unpaired) electrons. The predicted octanol–water partition coefficient (Wildman–Crippen LogP) is 2.62. The normalized spacial score (nSPS) is 16.3. The lowest BCUT2D eigenvalue weighted by Crippen LogP contribution is -2.31. The summed E-state index contributed by atoms with van der Waals surface area (Å²) in [5, 5.41) is 13.9. The van der Waals surface area contributed by atoms with Gasteiger partial charge in [-0.15, -0.1) is 26.6 Å². The monoisotopic (exact) mass is 383 g/mol. The van der Waals surface area contributed by atoms with Crippen LogP contribution in [0, 0.1) is 6.92 Å². The highest BCUT2D eigenvalue weighted by atomic mass is 32.1. The lowest BCUT2D eigenvalue weighted by molar-refractivity contribution is -0.146. The van der Waals surface area contributed by atoms with Crippen molar-refractivity contribution in [2.45, 2.75) is 19.5 Å². The molecule has 7 nitrogen and oxygen atoms in total. The van der Waals surface area contributed by atoms with Gasteiger partial charge in [-0.05, 0) is 25.5 Å². The largest absolute Gasteiger partial charge is 0.453 e. The molecule has 1 fully saturated rings. The summed E-state index contributed by atoms with van der Waals surface area (Å²) in [5.41, 5.74) is 1.07. The van der Waals surface area contributed by atoms with E-state index >= 15 is 0 Å². The second kappa shape index (κ2) is 6.38. The average Bonchev–Trinajstić information content (AvgIpc) is 3.13. The molecule has 3 aromatic heterocycles. The van der Waals surface area contributed by atoms with Crippen molar-refractivity contribution < 1.29 is 13.2 Å². The van der Waals surface area contributed by atoms with E-state index in [4.69, 9.17) is 0 Å². The summed E-state index contributed by atoms with van der Waals surface area (Å²) in [5.74, 6) is -0.621. The summed E-state index contributed by atoms with van der Waals surface area (Å²) < 4.78 is 39.9. The Morgan fingerprint density at radius 2 is 1.81 bits per heavy atom. The van der Waals surface area contributed by atoms with Gasteiger partial charge in [-0.1, -0.05) is 0 Å². The molecule has 1 saturated heterocycles. The van der Waals surface area contributed by atoms with Crippen LogP contribution >= 0.6 is 11.3 Å². The first-order valence-corrected chi connectivity index (χ1v) is 9.01. The van der Waals surface area contributed by atoms with Gasteiger partial charge < -0.3 is 9.80 Å². The summed E-state index contributed by atoms with van der Waals surface area (Å²) in [7, 11) is 0. The van der Waals surface area contributed by atoms with Crippen LogP contribution in [-0.2, 0) is 6.18 Å². The van der Waals surface area contributed by atoms with E-state index in [2.05, 4.69) is 25.2 Å². The smallest absolute Gasteiger partial charge is 0.353 e. The number of fused-ring (bicyclic) bond motifs is 1. The minimum atomic E-state index is -4.59. The van der Waals surface area contributed by atoms with Crippen molar-refractivity contribution in [1.82, 2.24) is 24.8 Å². The quantitative estimate of drug-likeness (QED) is 0.678. The summed E-state index contributed by atoms with van der Waals surface area (Å²) >= 11 is 1.61. The molecule has 4 heterocycles. The average molecular weight is 383 g/mol. The number of hydrogen-bond acceptors (Lipinski definition) is 7. The van der Waals surface area contributed by atoms with Gasteiger partial charge in [0.25, 0.3) is 5.82 Å². The molecule has 0 bridgehead atoms. The highest BCUT2D eigenvalue weighted by Gasteiger charge is 2.37. The number of hydrogen-bond donors (Lipinski definition) is 0. The standard InChI is InChI=1S/C15H16F3N7S/c1-10-9-26-14(19-10)24-6-2-5-23(7-8-24)12-4-3-11-20-21-13(15(16,17)18)25(11)22-12/h3-4,9H,2,5-8H2,1H3. The molecule has 0 saturated carbocycles. The van der Waals surface area contributed by atoms with Crippen molar-refractivity contribution in [2.24, 2.45) is 0 Å². The Morgan fingerprint density at radius 1 is 1.04 bits per heavy atom. The van der Waals surface area contributed by atoms with Crippen LogP contribution < -0.4 is 9.80 Å². The van der Waals surface area contributed by atoms with Gasteiger partial charge in [0.2, 0.25) is 0 Å². The third-order valence-electron chi connectivity index (χ3n) is 4.20. The molecule has 0 aromatic carbocycles. The fraction of sp³-hybridized carbons (Fsp3) is 0.467. The minimum Gasteiger partial charge on any atom is -0.353 e. The second-order valence-electron chi connectivity index (χ2n) is 6.08. The molecule has 0 amide bonds. The number of aromatic nitrogens is 5. The first-order chi connectivity index (χ1) is 12.4. The molecule has 1 aliphatic rings. The summed E-state index contributed by atoms with van der Waals surface area (Å²) in [6, 6.07) is 3.20. The number of halogens is 3. The van der Waals surface area contributed by atoms with Crippen LogP contribution in [0.25, 0.3) is 5.65 Å². The summed E-state index contributed by atoms with van der Waals surface area (Å²) in [6.45, 7) is 4.91. The Labute approximate surface area is 151 Å². The third-order valence-corrected chi connectivity index (χ3v) is 5.22. The zero-order chi connectivity index (χ0) is 18.3. The minimum absolute atomic E-state index is 0.0794. The van der Waals surface area contributed by atoms with Crippen LogP contribution in [-0.4, -0.2) is 51.0 Å². The van der Waals surface area contributed by atoms with E-state index < -0.39 is 12.0 Å². The first kappa shape index (κ1) is 17.0.